The maximum absolute atomic E-state index is 10.9. The zero-order valence-corrected chi connectivity index (χ0v) is 11.1. The Kier molecular flexibility index (Phi) is 2.80. The highest BCUT2D eigenvalue weighted by molar-refractivity contribution is 5.69. The molecule has 1 fully saturated rings. The molecule has 17 heavy (non-hydrogen) atoms. The largest absolute Gasteiger partial charge is 0.481 e. The van der Waals surface area contributed by atoms with Crippen molar-refractivity contribution in [2.45, 2.75) is 58.4 Å². The van der Waals surface area contributed by atoms with Crippen LogP contribution >= 0.6 is 0 Å². The summed E-state index contributed by atoms with van der Waals surface area (Å²) in [7, 11) is 0. The van der Waals surface area contributed by atoms with Gasteiger partial charge in [0.2, 0.25) is 0 Å². The number of aryl methyl sites for hydroxylation is 1. The summed E-state index contributed by atoms with van der Waals surface area (Å²) in [6, 6.07) is 2.82. The monoisotopic (exact) mass is 235 g/mol. The third-order valence-electron chi connectivity index (χ3n) is 3.72. The summed E-state index contributed by atoms with van der Waals surface area (Å²) < 4.78 is 2.37. The molecule has 1 saturated carbocycles. The maximum Gasteiger partial charge on any atom is 0.304 e. The Labute approximate surface area is 102 Å². The summed E-state index contributed by atoms with van der Waals surface area (Å²) in [5, 5.41) is 8.99. The van der Waals surface area contributed by atoms with Crippen molar-refractivity contribution in [2.24, 2.45) is 0 Å². The van der Waals surface area contributed by atoms with Crippen molar-refractivity contribution in [3.63, 3.8) is 0 Å². The molecule has 1 aromatic heterocycles. The molecule has 0 radical (unpaired) electrons. The second kappa shape index (κ2) is 3.90. The van der Waals surface area contributed by atoms with Gasteiger partial charge in [0.15, 0.2) is 0 Å². The third kappa shape index (κ3) is 2.24. The van der Waals surface area contributed by atoms with Gasteiger partial charge in [0.05, 0.1) is 6.42 Å². The summed E-state index contributed by atoms with van der Waals surface area (Å²) in [5.74, 6) is -0.730. The van der Waals surface area contributed by atoms with Crippen molar-refractivity contribution in [1.29, 1.82) is 0 Å². The van der Waals surface area contributed by atoms with Gasteiger partial charge in [-0.25, -0.2) is 0 Å². The maximum atomic E-state index is 10.9. The Morgan fingerprint density at radius 1 is 1.47 bits per heavy atom. The molecule has 1 aliphatic carbocycles. The predicted molar refractivity (Wildman–Crippen MR) is 67.5 cm³/mol. The van der Waals surface area contributed by atoms with E-state index in [1.54, 1.807) is 0 Å². The number of carbonyl (C=O) groups is 1. The highest BCUT2D eigenvalue weighted by atomic mass is 16.4. The van der Waals surface area contributed by atoms with Gasteiger partial charge in [-0.3, -0.25) is 4.79 Å². The first-order valence-corrected chi connectivity index (χ1v) is 6.23. The fourth-order valence-corrected chi connectivity index (χ4v) is 2.83. The number of aliphatic carboxylic acids is 1. The minimum Gasteiger partial charge on any atom is -0.481 e. The highest BCUT2D eigenvalue weighted by Crippen LogP contribution is 2.41. The molecule has 0 bridgehead atoms. The molecule has 0 aromatic carbocycles. The van der Waals surface area contributed by atoms with Crippen LogP contribution in [0.5, 0.6) is 0 Å². The van der Waals surface area contributed by atoms with Crippen molar-refractivity contribution in [3.8, 4) is 0 Å². The molecular formula is C14H21NO2. The van der Waals surface area contributed by atoms with Crippen LogP contribution in [-0.2, 0) is 10.2 Å². The van der Waals surface area contributed by atoms with E-state index >= 15 is 0 Å². The van der Waals surface area contributed by atoms with E-state index in [1.807, 2.05) is 13.8 Å². The van der Waals surface area contributed by atoms with Crippen molar-refractivity contribution in [2.75, 3.05) is 0 Å². The Hall–Kier alpha value is -1.25. The molecule has 0 amide bonds. The third-order valence-corrected chi connectivity index (χ3v) is 3.72. The Balaban J connectivity index is 2.38. The molecule has 94 valence electrons. The van der Waals surface area contributed by atoms with Crippen LogP contribution in [0.1, 0.15) is 56.1 Å². The Bertz CT molecular complexity index is 453. The lowest BCUT2D eigenvalue weighted by Crippen LogP contribution is -2.22. The van der Waals surface area contributed by atoms with Gasteiger partial charge < -0.3 is 9.67 Å². The average molecular weight is 235 g/mol. The molecule has 0 unspecified atom stereocenters. The highest BCUT2D eigenvalue weighted by Gasteiger charge is 2.32. The van der Waals surface area contributed by atoms with Crippen LogP contribution in [-0.4, -0.2) is 15.6 Å². The predicted octanol–water partition coefficient (Wildman–Crippen LogP) is 3.19. The van der Waals surface area contributed by atoms with Crippen LogP contribution in [0.3, 0.4) is 0 Å². The quantitative estimate of drug-likeness (QED) is 0.870. The van der Waals surface area contributed by atoms with Crippen molar-refractivity contribution >= 4 is 5.97 Å². The normalized spacial score (nSPS) is 16.2. The molecule has 3 heteroatoms. The molecule has 2 rings (SSSR count). The second-order valence-corrected chi connectivity index (χ2v) is 5.84. The second-order valence-electron chi connectivity index (χ2n) is 5.84. The molecule has 0 saturated heterocycles. The lowest BCUT2D eigenvalue weighted by Gasteiger charge is -2.23. The van der Waals surface area contributed by atoms with E-state index in [4.69, 9.17) is 5.11 Å². The number of nitrogens with zero attached hydrogens (tertiary/aromatic N) is 1. The lowest BCUT2D eigenvalue weighted by molar-refractivity contribution is -0.138. The molecule has 0 atom stereocenters. The number of hydrogen-bond donors (Lipinski definition) is 1. The molecule has 3 nitrogen and oxygen atoms in total. The summed E-state index contributed by atoms with van der Waals surface area (Å²) in [6.45, 7) is 8.26. The van der Waals surface area contributed by atoms with E-state index in [0.717, 1.165) is 0 Å². The topological polar surface area (TPSA) is 42.2 Å². The molecule has 0 aliphatic heterocycles. The zero-order valence-electron chi connectivity index (χ0n) is 11.1. The van der Waals surface area contributed by atoms with Gasteiger partial charge in [0, 0.05) is 22.8 Å². The Morgan fingerprint density at radius 2 is 2.06 bits per heavy atom. The molecule has 1 aliphatic rings. The van der Waals surface area contributed by atoms with Gasteiger partial charge in [0.1, 0.15) is 0 Å². The first-order valence-electron chi connectivity index (χ1n) is 6.23. The summed E-state index contributed by atoms with van der Waals surface area (Å²) >= 11 is 0. The van der Waals surface area contributed by atoms with Crippen LogP contribution in [0.2, 0.25) is 0 Å². The first-order chi connectivity index (χ1) is 7.83. The van der Waals surface area contributed by atoms with Gasteiger partial charge >= 0.3 is 5.97 Å². The first kappa shape index (κ1) is 12.2. The van der Waals surface area contributed by atoms with Gasteiger partial charge in [0.25, 0.3) is 0 Å². The molecular weight excluding hydrogens is 214 g/mol. The number of aromatic nitrogens is 1. The molecule has 1 aromatic rings. The van der Waals surface area contributed by atoms with Crippen LogP contribution in [0, 0.1) is 13.8 Å². The molecule has 1 heterocycles. The number of hydrogen-bond acceptors (Lipinski definition) is 1. The van der Waals surface area contributed by atoms with Crippen LogP contribution < -0.4 is 0 Å². The van der Waals surface area contributed by atoms with E-state index < -0.39 is 5.97 Å². The van der Waals surface area contributed by atoms with Crippen molar-refractivity contribution in [1.82, 2.24) is 4.57 Å². The summed E-state index contributed by atoms with van der Waals surface area (Å²) in [4.78, 5) is 10.9. The van der Waals surface area contributed by atoms with Crippen molar-refractivity contribution < 1.29 is 9.90 Å². The molecule has 1 N–H and O–H groups in total. The Morgan fingerprint density at radius 3 is 2.53 bits per heavy atom. The SMILES string of the molecule is Cc1cc(C(C)(C)CC(=O)O)c(C)n1C1CC1. The van der Waals surface area contributed by atoms with E-state index in [9.17, 15) is 4.79 Å². The number of carboxylic acids is 1. The zero-order chi connectivity index (χ0) is 12.8. The van der Waals surface area contributed by atoms with Crippen molar-refractivity contribution in [3.05, 3.63) is 23.0 Å². The van der Waals surface area contributed by atoms with Crippen LogP contribution in [0.25, 0.3) is 0 Å². The fourth-order valence-electron chi connectivity index (χ4n) is 2.83. The standard InChI is InChI=1S/C14H21NO2/c1-9-7-12(14(3,4)8-13(16)17)10(2)15(9)11-5-6-11/h7,11H,5-6,8H2,1-4H3,(H,16,17). The van der Waals surface area contributed by atoms with E-state index in [-0.39, 0.29) is 11.8 Å². The number of carboxylic acid groups (broad SMARTS) is 1. The van der Waals surface area contributed by atoms with E-state index in [1.165, 1.54) is 29.8 Å². The minimum absolute atomic E-state index is 0.182. The van der Waals surface area contributed by atoms with Crippen LogP contribution in [0.4, 0.5) is 0 Å². The molecule has 0 spiro atoms. The van der Waals surface area contributed by atoms with Gasteiger partial charge in [-0.1, -0.05) is 13.8 Å². The summed E-state index contributed by atoms with van der Waals surface area (Å²) in [5.41, 5.74) is 3.40. The smallest absolute Gasteiger partial charge is 0.304 e. The number of rotatable bonds is 4. The van der Waals surface area contributed by atoms with Gasteiger partial charge in [-0.2, -0.15) is 0 Å². The minimum atomic E-state index is -0.730. The average Bonchev–Trinajstić information content (AvgIpc) is 2.92. The fraction of sp³-hybridized carbons (Fsp3) is 0.643. The van der Waals surface area contributed by atoms with E-state index in [2.05, 4.69) is 24.5 Å². The van der Waals surface area contributed by atoms with Gasteiger partial charge in [-0.05, 0) is 38.3 Å². The summed E-state index contributed by atoms with van der Waals surface area (Å²) in [6.07, 6.45) is 2.70. The van der Waals surface area contributed by atoms with Crippen LogP contribution in [0.15, 0.2) is 6.07 Å². The van der Waals surface area contributed by atoms with E-state index in [0.29, 0.717) is 6.04 Å². The van der Waals surface area contributed by atoms with Gasteiger partial charge in [-0.15, -0.1) is 0 Å². The lowest BCUT2D eigenvalue weighted by atomic mass is 9.81.